The molecule has 0 aliphatic carbocycles. The molecule has 0 fully saturated rings. The molecule has 2 nitrogen and oxygen atoms in total. The van der Waals surface area contributed by atoms with Gasteiger partial charge in [0.1, 0.15) is 0 Å². The highest BCUT2D eigenvalue weighted by molar-refractivity contribution is 5.82. The van der Waals surface area contributed by atoms with Crippen LogP contribution >= 0.6 is 0 Å². The maximum absolute atomic E-state index is 3.54. The maximum Gasteiger partial charge on any atom is 0.0457 e. The first-order valence-electron chi connectivity index (χ1n) is 6.44. The number of H-pyrrole nitrogens is 1. The molecule has 0 saturated carbocycles. The molecule has 1 aromatic carbocycles. The van der Waals surface area contributed by atoms with Crippen LogP contribution in [0.4, 0.5) is 0 Å². The minimum atomic E-state index is 0.722. The Bertz CT molecular complexity index is 470. The molecule has 0 spiro atoms. The van der Waals surface area contributed by atoms with Crippen LogP contribution in [0, 0.1) is 11.8 Å². The number of para-hydroxylation sites is 1. The third kappa shape index (κ3) is 2.89. The van der Waals surface area contributed by atoms with Crippen molar-refractivity contribution >= 4 is 10.9 Å². The van der Waals surface area contributed by atoms with E-state index in [1.165, 1.54) is 16.5 Å². The van der Waals surface area contributed by atoms with Gasteiger partial charge in [-0.2, -0.15) is 0 Å². The van der Waals surface area contributed by atoms with Crippen molar-refractivity contribution in [3.63, 3.8) is 0 Å². The van der Waals surface area contributed by atoms with Crippen LogP contribution in [-0.2, 0) is 6.54 Å². The number of aromatic amines is 1. The molecule has 2 rings (SSSR count). The number of hydrogen-bond acceptors (Lipinski definition) is 1. The van der Waals surface area contributed by atoms with E-state index in [4.69, 9.17) is 0 Å². The summed E-state index contributed by atoms with van der Waals surface area (Å²) in [6.45, 7) is 8.88. The van der Waals surface area contributed by atoms with Gasteiger partial charge < -0.3 is 10.3 Å². The van der Waals surface area contributed by atoms with E-state index in [0.717, 1.165) is 24.9 Å². The van der Waals surface area contributed by atoms with Gasteiger partial charge in [0.25, 0.3) is 0 Å². The molecule has 2 N–H and O–H groups in total. The maximum atomic E-state index is 3.54. The van der Waals surface area contributed by atoms with Gasteiger partial charge in [-0.1, -0.05) is 39.0 Å². The molecular weight excluding hydrogens is 208 g/mol. The van der Waals surface area contributed by atoms with Crippen molar-refractivity contribution in [1.82, 2.24) is 10.3 Å². The summed E-state index contributed by atoms with van der Waals surface area (Å²) in [7, 11) is 0. The highest BCUT2D eigenvalue weighted by atomic mass is 14.9. The van der Waals surface area contributed by atoms with Crippen molar-refractivity contribution in [2.75, 3.05) is 6.54 Å². The first-order valence-corrected chi connectivity index (χ1v) is 6.44. The lowest BCUT2D eigenvalue weighted by Crippen LogP contribution is -2.23. The van der Waals surface area contributed by atoms with Gasteiger partial charge in [0, 0.05) is 23.6 Å². The zero-order chi connectivity index (χ0) is 12.3. The number of rotatable bonds is 5. The van der Waals surface area contributed by atoms with E-state index < -0.39 is 0 Å². The normalized spacial score (nSPS) is 13.4. The van der Waals surface area contributed by atoms with Crippen molar-refractivity contribution in [3.8, 4) is 0 Å². The Morgan fingerprint density at radius 3 is 2.71 bits per heavy atom. The average molecular weight is 230 g/mol. The topological polar surface area (TPSA) is 27.8 Å². The first kappa shape index (κ1) is 12.2. The molecule has 0 radical (unpaired) electrons. The molecule has 1 heterocycles. The Hall–Kier alpha value is -1.28. The Kier molecular flexibility index (Phi) is 3.85. The number of fused-ring (bicyclic) bond motifs is 1. The van der Waals surface area contributed by atoms with Crippen LogP contribution in [0.1, 0.15) is 26.3 Å². The molecule has 0 saturated heterocycles. The molecule has 1 atom stereocenters. The number of aromatic nitrogens is 1. The van der Waals surface area contributed by atoms with Gasteiger partial charge in [0.2, 0.25) is 0 Å². The fourth-order valence-corrected chi connectivity index (χ4v) is 1.95. The van der Waals surface area contributed by atoms with E-state index in [2.05, 4.69) is 61.5 Å². The Balaban J connectivity index is 1.95. The summed E-state index contributed by atoms with van der Waals surface area (Å²) in [5.41, 5.74) is 2.58. The second-order valence-electron chi connectivity index (χ2n) is 5.21. The number of hydrogen-bond donors (Lipinski definition) is 2. The lowest BCUT2D eigenvalue weighted by molar-refractivity contribution is 0.393. The van der Waals surface area contributed by atoms with Gasteiger partial charge in [0.05, 0.1) is 0 Å². The summed E-state index contributed by atoms with van der Waals surface area (Å²) in [5, 5.41) is 4.87. The van der Waals surface area contributed by atoms with E-state index in [1.807, 2.05) is 0 Å². The summed E-state index contributed by atoms with van der Waals surface area (Å²) in [5.74, 6) is 1.46. The van der Waals surface area contributed by atoms with Crippen molar-refractivity contribution in [3.05, 3.63) is 36.0 Å². The largest absolute Gasteiger partial charge is 0.361 e. The van der Waals surface area contributed by atoms with E-state index in [0.29, 0.717) is 0 Å². The lowest BCUT2D eigenvalue weighted by Gasteiger charge is -2.15. The van der Waals surface area contributed by atoms with E-state index in [1.54, 1.807) is 0 Å². The minimum Gasteiger partial charge on any atom is -0.361 e. The van der Waals surface area contributed by atoms with Crippen LogP contribution in [-0.4, -0.2) is 11.5 Å². The standard InChI is InChI=1S/C15H22N2/c1-11(2)12(3)8-16-9-13-10-17-15-7-5-4-6-14(13)15/h4-7,10-12,16-17H,8-9H2,1-3H3/t12-/m1/s1. The van der Waals surface area contributed by atoms with Crippen molar-refractivity contribution in [2.24, 2.45) is 11.8 Å². The molecule has 0 aliphatic rings. The van der Waals surface area contributed by atoms with Crippen LogP contribution in [0.5, 0.6) is 0 Å². The number of benzene rings is 1. The monoisotopic (exact) mass is 230 g/mol. The third-order valence-electron chi connectivity index (χ3n) is 3.59. The summed E-state index contributed by atoms with van der Waals surface area (Å²) in [6, 6.07) is 8.46. The molecule has 0 unspecified atom stereocenters. The van der Waals surface area contributed by atoms with Gasteiger partial charge in [-0.25, -0.2) is 0 Å². The molecule has 2 aromatic rings. The fraction of sp³-hybridized carbons (Fsp3) is 0.467. The fourth-order valence-electron chi connectivity index (χ4n) is 1.95. The quantitative estimate of drug-likeness (QED) is 0.807. The second kappa shape index (κ2) is 5.37. The molecule has 1 aromatic heterocycles. The Morgan fingerprint density at radius 1 is 1.18 bits per heavy atom. The molecule has 92 valence electrons. The highest BCUT2D eigenvalue weighted by Gasteiger charge is 2.07. The minimum absolute atomic E-state index is 0.722. The summed E-state index contributed by atoms with van der Waals surface area (Å²) in [6.07, 6.45) is 2.11. The first-order chi connectivity index (χ1) is 8.18. The average Bonchev–Trinajstić information content (AvgIpc) is 2.72. The van der Waals surface area contributed by atoms with Gasteiger partial charge >= 0.3 is 0 Å². The van der Waals surface area contributed by atoms with Gasteiger partial charge in [-0.3, -0.25) is 0 Å². The third-order valence-corrected chi connectivity index (χ3v) is 3.59. The van der Waals surface area contributed by atoms with Crippen molar-refractivity contribution in [1.29, 1.82) is 0 Å². The Morgan fingerprint density at radius 2 is 1.94 bits per heavy atom. The summed E-state index contributed by atoms with van der Waals surface area (Å²) >= 11 is 0. The summed E-state index contributed by atoms with van der Waals surface area (Å²) < 4.78 is 0. The predicted octanol–water partition coefficient (Wildman–Crippen LogP) is 3.55. The lowest BCUT2D eigenvalue weighted by atomic mass is 9.98. The molecule has 17 heavy (non-hydrogen) atoms. The van der Waals surface area contributed by atoms with Gasteiger partial charge in [-0.15, -0.1) is 0 Å². The molecule has 0 bridgehead atoms. The van der Waals surface area contributed by atoms with Gasteiger partial charge in [-0.05, 0) is 30.0 Å². The smallest absolute Gasteiger partial charge is 0.0457 e. The molecule has 0 aliphatic heterocycles. The van der Waals surface area contributed by atoms with E-state index in [-0.39, 0.29) is 0 Å². The zero-order valence-electron chi connectivity index (χ0n) is 11.0. The zero-order valence-corrected chi connectivity index (χ0v) is 11.0. The van der Waals surface area contributed by atoms with Crippen LogP contribution in [0.2, 0.25) is 0 Å². The molecule has 2 heteroatoms. The van der Waals surface area contributed by atoms with Crippen LogP contribution in [0.3, 0.4) is 0 Å². The van der Waals surface area contributed by atoms with Crippen LogP contribution < -0.4 is 5.32 Å². The van der Waals surface area contributed by atoms with Crippen LogP contribution in [0.15, 0.2) is 30.5 Å². The van der Waals surface area contributed by atoms with E-state index in [9.17, 15) is 0 Å². The summed E-state index contributed by atoms with van der Waals surface area (Å²) in [4.78, 5) is 3.31. The van der Waals surface area contributed by atoms with Crippen molar-refractivity contribution < 1.29 is 0 Å². The highest BCUT2D eigenvalue weighted by Crippen LogP contribution is 2.17. The van der Waals surface area contributed by atoms with Gasteiger partial charge in [0.15, 0.2) is 0 Å². The SMILES string of the molecule is CC(C)[C@H](C)CNCc1c[nH]c2ccccc12. The number of nitrogens with one attached hydrogen (secondary N) is 2. The van der Waals surface area contributed by atoms with Crippen molar-refractivity contribution in [2.45, 2.75) is 27.3 Å². The molecular formula is C15H22N2. The predicted molar refractivity (Wildman–Crippen MR) is 74.0 cm³/mol. The second-order valence-corrected chi connectivity index (χ2v) is 5.21. The Labute approximate surface area is 103 Å². The molecule has 0 amide bonds. The van der Waals surface area contributed by atoms with E-state index >= 15 is 0 Å². The van der Waals surface area contributed by atoms with Crippen LogP contribution in [0.25, 0.3) is 10.9 Å².